The van der Waals surface area contributed by atoms with Gasteiger partial charge >= 0.3 is 0 Å². The number of aliphatic hydroxyl groups is 2. The molecule has 1 aromatic heterocycles. The molecule has 2 aliphatic rings. The minimum atomic E-state index is -3.96. The molecule has 0 spiro atoms. The topological polar surface area (TPSA) is 121 Å². The van der Waals surface area contributed by atoms with Gasteiger partial charge in [-0.3, -0.25) is 4.79 Å². The van der Waals surface area contributed by atoms with Gasteiger partial charge in [-0.1, -0.05) is 11.8 Å². The standard InChI is InChI=1S/C21H25FN3O5S.W/c1-13-4-5-16(15(22)9-13)23-17-10-19(28)25-8-2-3-18(25)20(17)24-31(29,30)21(6-7-21)11-14(27)12-26;/h4-5,9,14,23-24,26-27H,2-3,6-8,11-12H2,1H3;/q-1;. The molecule has 2 heterocycles. The summed E-state index contributed by atoms with van der Waals surface area (Å²) < 4.78 is 43.8. The van der Waals surface area contributed by atoms with Crippen molar-refractivity contribution >= 4 is 27.1 Å². The number of sulfonamides is 1. The molecule has 1 aliphatic carbocycles. The van der Waals surface area contributed by atoms with Crippen molar-refractivity contribution in [1.29, 1.82) is 0 Å². The van der Waals surface area contributed by atoms with E-state index in [0.29, 0.717) is 37.9 Å². The molecule has 1 aromatic carbocycles. The largest absolute Gasteiger partial charge is 0.394 e. The van der Waals surface area contributed by atoms with E-state index < -0.39 is 38.9 Å². The second-order valence-corrected chi connectivity index (χ2v) is 10.4. The van der Waals surface area contributed by atoms with E-state index in [4.69, 9.17) is 5.11 Å². The van der Waals surface area contributed by atoms with Crippen LogP contribution in [0.1, 0.15) is 36.9 Å². The van der Waals surface area contributed by atoms with Crippen molar-refractivity contribution in [2.24, 2.45) is 0 Å². The van der Waals surface area contributed by atoms with Gasteiger partial charge in [-0.2, -0.15) is 6.07 Å². The molecule has 0 bridgehead atoms. The van der Waals surface area contributed by atoms with Gasteiger partial charge < -0.3 is 24.8 Å². The van der Waals surface area contributed by atoms with Crippen LogP contribution in [0.25, 0.3) is 0 Å². The summed E-state index contributed by atoms with van der Waals surface area (Å²) in [5, 5.41) is 21.8. The quantitative estimate of drug-likeness (QED) is 0.329. The number of benzene rings is 1. The Hall–Kier alpha value is -1.74. The third-order valence-corrected chi connectivity index (χ3v) is 8.14. The van der Waals surface area contributed by atoms with Gasteiger partial charge in [0.2, 0.25) is 10.0 Å². The average molecular weight is 634 g/mol. The summed E-state index contributed by atoms with van der Waals surface area (Å²) in [5.41, 5.74) is 1.15. The monoisotopic (exact) mass is 634 g/mol. The van der Waals surface area contributed by atoms with Crippen molar-refractivity contribution in [3.63, 3.8) is 0 Å². The molecule has 0 radical (unpaired) electrons. The summed E-state index contributed by atoms with van der Waals surface area (Å²) in [7, 11) is -3.96. The molecule has 1 atom stereocenters. The molecule has 4 N–H and O–H groups in total. The molecule has 1 saturated carbocycles. The zero-order valence-electron chi connectivity index (χ0n) is 17.5. The van der Waals surface area contributed by atoms with Crippen LogP contribution in [0.2, 0.25) is 0 Å². The Balaban J connectivity index is 0.00000289. The van der Waals surface area contributed by atoms with E-state index in [1.165, 1.54) is 16.7 Å². The van der Waals surface area contributed by atoms with Crippen molar-refractivity contribution in [2.75, 3.05) is 16.6 Å². The Labute approximate surface area is 200 Å². The van der Waals surface area contributed by atoms with Gasteiger partial charge in [0, 0.05) is 27.6 Å². The number of pyridine rings is 1. The fraction of sp³-hybridized carbons (Fsp3) is 0.476. The number of aromatic nitrogens is 1. The van der Waals surface area contributed by atoms with Crippen LogP contribution in [-0.2, 0) is 44.1 Å². The molecule has 1 unspecified atom stereocenters. The van der Waals surface area contributed by atoms with Crippen LogP contribution in [0.4, 0.5) is 21.5 Å². The molecule has 174 valence electrons. The normalized spacial score (nSPS) is 17.2. The van der Waals surface area contributed by atoms with Gasteiger partial charge in [-0.05, 0) is 62.4 Å². The molecule has 0 saturated heterocycles. The summed E-state index contributed by atoms with van der Waals surface area (Å²) in [4.78, 5) is 12.5. The fourth-order valence-electron chi connectivity index (χ4n) is 4.06. The first kappa shape index (κ1) is 24.9. The minimum absolute atomic E-state index is 0. The van der Waals surface area contributed by atoms with E-state index in [-0.39, 0.29) is 44.5 Å². The minimum Gasteiger partial charge on any atom is -0.394 e. The molecule has 0 amide bonds. The zero-order chi connectivity index (χ0) is 22.4. The maximum absolute atomic E-state index is 14.4. The van der Waals surface area contributed by atoms with Gasteiger partial charge in [0.25, 0.3) is 0 Å². The molecule has 8 nitrogen and oxygen atoms in total. The molecule has 1 fully saturated rings. The second kappa shape index (κ2) is 9.25. The van der Waals surface area contributed by atoms with Gasteiger partial charge in [0.1, 0.15) is 5.82 Å². The first-order valence-corrected chi connectivity index (χ1v) is 11.7. The number of nitrogens with one attached hydrogen (secondary N) is 2. The van der Waals surface area contributed by atoms with Crippen molar-refractivity contribution in [1.82, 2.24) is 4.57 Å². The Bertz CT molecular complexity index is 1180. The molecule has 11 heteroatoms. The summed E-state index contributed by atoms with van der Waals surface area (Å²) in [6, 6.07) is 7.18. The SMILES string of the molecule is Cc1ccc(Nc2[c-]c(=O)n3c(c2NS(=O)(=O)C2(CC(O)CO)CC2)CCC3)c(F)c1.[W]. The van der Waals surface area contributed by atoms with Crippen LogP contribution < -0.4 is 15.6 Å². The van der Waals surface area contributed by atoms with Crippen LogP contribution in [0.5, 0.6) is 0 Å². The number of halogens is 1. The first-order valence-electron chi connectivity index (χ1n) is 10.2. The molecular formula is C21H25FN3O5SW-. The third-order valence-electron chi connectivity index (χ3n) is 5.95. The van der Waals surface area contributed by atoms with Crippen LogP contribution in [0.15, 0.2) is 23.0 Å². The van der Waals surface area contributed by atoms with Crippen molar-refractivity contribution in [2.45, 2.75) is 56.4 Å². The van der Waals surface area contributed by atoms with Crippen molar-refractivity contribution < 1.29 is 44.1 Å². The number of anilines is 3. The average Bonchev–Trinajstić information content (AvgIpc) is 3.33. The summed E-state index contributed by atoms with van der Waals surface area (Å²) in [5.74, 6) is -0.535. The number of hydrogen-bond donors (Lipinski definition) is 4. The number of aliphatic hydroxyl groups excluding tert-OH is 2. The van der Waals surface area contributed by atoms with E-state index in [0.717, 1.165) is 5.56 Å². The Morgan fingerprint density at radius 1 is 1.34 bits per heavy atom. The number of rotatable bonds is 8. The third kappa shape index (κ3) is 4.64. The first-order chi connectivity index (χ1) is 14.7. The fourth-order valence-corrected chi connectivity index (χ4v) is 5.81. The molecule has 2 aromatic rings. The smallest absolute Gasteiger partial charge is 0.223 e. The summed E-state index contributed by atoms with van der Waals surface area (Å²) in [6.07, 6.45) is 0.635. The zero-order valence-corrected chi connectivity index (χ0v) is 21.3. The Morgan fingerprint density at radius 3 is 2.69 bits per heavy atom. The van der Waals surface area contributed by atoms with Crippen LogP contribution in [-0.4, -0.2) is 40.7 Å². The van der Waals surface area contributed by atoms with Crippen LogP contribution in [0.3, 0.4) is 0 Å². The second-order valence-electron chi connectivity index (χ2n) is 8.32. The molecular weight excluding hydrogens is 609 g/mol. The van der Waals surface area contributed by atoms with Crippen molar-refractivity contribution in [3.05, 3.63) is 51.7 Å². The maximum atomic E-state index is 14.4. The van der Waals surface area contributed by atoms with Gasteiger partial charge in [0.15, 0.2) is 5.56 Å². The van der Waals surface area contributed by atoms with E-state index in [1.54, 1.807) is 13.0 Å². The number of aryl methyl sites for hydroxylation is 1. The molecule has 4 rings (SSSR count). The number of fused-ring (bicyclic) bond motifs is 1. The number of hydrogen-bond acceptors (Lipinski definition) is 6. The Kier molecular flexibility index (Phi) is 7.20. The van der Waals surface area contributed by atoms with Gasteiger partial charge in [-0.15, -0.1) is 5.69 Å². The predicted molar refractivity (Wildman–Crippen MR) is 114 cm³/mol. The van der Waals surface area contributed by atoms with E-state index in [2.05, 4.69) is 16.1 Å². The molecule has 32 heavy (non-hydrogen) atoms. The van der Waals surface area contributed by atoms with Crippen LogP contribution >= 0.6 is 0 Å². The molecule has 1 aliphatic heterocycles. The summed E-state index contributed by atoms with van der Waals surface area (Å²) >= 11 is 0. The van der Waals surface area contributed by atoms with Crippen molar-refractivity contribution in [3.8, 4) is 0 Å². The number of nitrogens with zero attached hydrogens (tertiary/aromatic N) is 1. The van der Waals surface area contributed by atoms with Gasteiger partial charge in [-0.25, -0.2) is 12.8 Å². The summed E-state index contributed by atoms with van der Waals surface area (Å²) in [6.45, 7) is 1.67. The Morgan fingerprint density at radius 2 is 2.06 bits per heavy atom. The van der Waals surface area contributed by atoms with E-state index >= 15 is 0 Å². The van der Waals surface area contributed by atoms with E-state index in [1.807, 2.05) is 0 Å². The van der Waals surface area contributed by atoms with Gasteiger partial charge in [0.05, 0.1) is 23.1 Å². The maximum Gasteiger partial charge on any atom is 0.223 e. The predicted octanol–water partition coefficient (Wildman–Crippen LogP) is 1.80. The van der Waals surface area contributed by atoms with E-state index in [9.17, 15) is 22.7 Å². The van der Waals surface area contributed by atoms with Crippen LogP contribution in [0, 0.1) is 18.8 Å².